The molecular formula is C16H22N2O. The van der Waals surface area contributed by atoms with Crippen molar-refractivity contribution in [3.63, 3.8) is 0 Å². The van der Waals surface area contributed by atoms with Gasteiger partial charge in [-0.05, 0) is 30.0 Å². The monoisotopic (exact) mass is 258 g/mol. The maximum absolute atomic E-state index is 5.72. The van der Waals surface area contributed by atoms with Crippen LogP contribution in [0.1, 0.15) is 31.9 Å². The summed E-state index contributed by atoms with van der Waals surface area (Å²) in [7, 11) is 0. The fraction of sp³-hybridized carbons (Fsp3) is 0.438. The SMILES string of the molecule is CCCOCC(NCC)c1cccc2cnccc12. The summed E-state index contributed by atoms with van der Waals surface area (Å²) in [5.41, 5.74) is 1.29. The third-order valence-corrected chi connectivity index (χ3v) is 3.17. The molecule has 0 aliphatic rings. The van der Waals surface area contributed by atoms with Crippen LogP contribution in [0.5, 0.6) is 0 Å². The molecule has 0 fully saturated rings. The van der Waals surface area contributed by atoms with Crippen LogP contribution in [0.15, 0.2) is 36.7 Å². The number of ether oxygens (including phenoxy) is 1. The van der Waals surface area contributed by atoms with Gasteiger partial charge in [-0.2, -0.15) is 0 Å². The number of hydrogen-bond acceptors (Lipinski definition) is 3. The Morgan fingerprint density at radius 1 is 1.26 bits per heavy atom. The molecule has 0 aliphatic heterocycles. The van der Waals surface area contributed by atoms with Crippen molar-refractivity contribution in [2.24, 2.45) is 0 Å². The molecule has 1 atom stereocenters. The Morgan fingerprint density at radius 2 is 2.16 bits per heavy atom. The molecule has 19 heavy (non-hydrogen) atoms. The minimum absolute atomic E-state index is 0.239. The Morgan fingerprint density at radius 3 is 2.95 bits per heavy atom. The lowest BCUT2D eigenvalue weighted by Gasteiger charge is -2.20. The highest BCUT2D eigenvalue weighted by Gasteiger charge is 2.13. The predicted octanol–water partition coefficient (Wildman–Crippen LogP) is 3.31. The number of nitrogens with zero attached hydrogens (tertiary/aromatic N) is 1. The van der Waals surface area contributed by atoms with Gasteiger partial charge in [-0.3, -0.25) is 4.98 Å². The lowest BCUT2D eigenvalue weighted by molar-refractivity contribution is 0.113. The molecule has 1 aromatic carbocycles. The maximum Gasteiger partial charge on any atom is 0.0661 e. The summed E-state index contributed by atoms with van der Waals surface area (Å²) in [6.45, 7) is 6.71. The molecule has 0 saturated heterocycles. The van der Waals surface area contributed by atoms with Crippen molar-refractivity contribution in [2.45, 2.75) is 26.3 Å². The Hall–Kier alpha value is -1.45. The van der Waals surface area contributed by atoms with Crippen molar-refractivity contribution in [3.05, 3.63) is 42.2 Å². The maximum atomic E-state index is 5.72. The van der Waals surface area contributed by atoms with Gasteiger partial charge in [0.2, 0.25) is 0 Å². The molecule has 0 bridgehead atoms. The topological polar surface area (TPSA) is 34.1 Å². The van der Waals surface area contributed by atoms with Gasteiger partial charge < -0.3 is 10.1 Å². The van der Waals surface area contributed by atoms with E-state index >= 15 is 0 Å². The summed E-state index contributed by atoms with van der Waals surface area (Å²) in [6.07, 6.45) is 4.81. The summed E-state index contributed by atoms with van der Waals surface area (Å²) >= 11 is 0. The zero-order valence-electron chi connectivity index (χ0n) is 11.7. The van der Waals surface area contributed by atoms with E-state index in [1.807, 2.05) is 12.4 Å². The number of nitrogens with one attached hydrogen (secondary N) is 1. The van der Waals surface area contributed by atoms with Gasteiger partial charge in [0.1, 0.15) is 0 Å². The van der Waals surface area contributed by atoms with Gasteiger partial charge in [-0.25, -0.2) is 0 Å². The van der Waals surface area contributed by atoms with Gasteiger partial charge >= 0.3 is 0 Å². The molecule has 1 heterocycles. The molecular weight excluding hydrogens is 236 g/mol. The first kappa shape index (κ1) is 14.0. The fourth-order valence-electron chi connectivity index (χ4n) is 2.30. The Kier molecular flexibility index (Phi) is 5.31. The summed E-state index contributed by atoms with van der Waals surface area (Å²) in [5.74, 6) is 0. The van der Waals surface area contributed by atoms with Crippen LogP contribution in [0.3, 0.4) is 0 Å². The summed E-state index contributed by atoms with van der Waals surface area (Å²) in [5, 5.41) is 5.94. The highest BCUT2D eigenvalue weighted by atomic mass is 16.5. The molecule has 102 valence electrons. The first-order valence-electron chi connectivity index (χ1n) is 7.00. The number of likely N-dealkylation sites (N-methyl/N-ethyl adjacent to an activating group) is 1. The van der Waals surface area contributed by atoms with Crippen LogP contribution in [-0.2, 0) is 4.74 Å². The molecule has 3 nitrogen and oxygen atoms in total. The van der Waals surface area contributed by atoms with Gasteiger partial charge in [0.25, 0.3) is 0 Å². The number of pyridine rings is 1. The van der Waals surface area contributed by atoms with Gasteiger partial charge in [0.05, 0.1) is 12.6 Å². The number of aromatic nitrogens is 1. The van der Waals surface area contributed by atoms with Gasteiger partial charge in [-0.15, -0.1) is 0 Å². The van der Waals surface area contributed by atoms with Crippen LogP contribution in [0.4, 0.5) is 0 Å². The third kappa shape index (κ3) is 3.52. The molecule has 1 unspecified atom stereocenters. The standard InChI is InChI=1S/C16H22N2O/c1-3-10-19-12-16(18-4-2)15-7-5-6-13-11-17-9-8-14(13)15/h5-9,11,16,18H,3-4,10,12H2,1-2H3. The molecule has 3 heteroatoms. The quantitative estimate of drug-likeness (QED) is 0.774. The van der Waals surface area contributed by atoms with E-state index in [0.29, 0.717) is 6.61 Å². The van der Waals surface area contributed by atoms with E-state index in [1.54, 1.807) is 0 Å². The van der Waals surface area contributed by atoms with E-state index in [9.17, 15) is 0 Å². The molecule has 2 rings (SSSR count). The predicted molar refractivity (Wildman–Crippen MR) is 79.3 cm³/mol. The minimum Gasteiger partial charge on any atom is -0.379 e. The summed E-state index contributed by atoms with van der Waals surface area (Å²) < 4.78 is 5.72. The molecule has 1 N–H and O–H groups in total. The molecule has 0 amide bonds. The molecule has 2 aromatic rings. The van der Waals surface area contributed by atoms with Crippen molar-refractivity contribution >= 4 is 10.8 Å². The van der Waals surface area contributed by atoms with Crippen LogP contribution in [0, 0.1) is 0 Å². The van der Waals surface area contributed by atoms with Gasteiger partial charge in [-0.1, -0.05) is 32.0 Å². The Bertz CT molecular complexity index is 508. The summed E-state index contributed by atoms with van der Waals surface area (Å²) in [6, 6.07) is 8.67. The lowest BCUT2D eigenvalue weighted by atomic mass is 10.0. The number of hydrogen-bond donors (Lipinski definition) is 1. The average Bonchev–Trinajstić information content (AvgIpc) is 2.46. The van der Waals surface area contributed by atoms with E-state index in [-0.39, 0.29) is 6.04 Å². The van der Waals surface area contributed by atoms with E-state index in [2.05, 4.69) is 48.4 Å². The second-order valence-corrected chi connectivity index (χ2v) is 4.63. The largest absolute Gasteiger partial charge is 0.379 e. The van der Waals surface area contributed by atoms with Crippen molar-refractivity contribution in [1.29, 1.82) is 0 Å². The number of fused-ring (bicyclic) bond motifs is 1. The van der Waals surface area contributed by atoms with Crippen molar-refractivity contribution in [1.82, 2.24) is 10.3 Å². The molecule has 0 aliphatic carbocycles. The third-order valence-electron chi connectivity index (χ3n) is 3.17. The second kappa shape index (κ2) is 7.22. The van der Waals surface area contributed by atoms with Crippen molar-refractivity contribution in [2.75, 3.05) is 19.8 Å². The van der Waals surface area contributed by atoms with E-state index in [4.69, 9.17) is 4.74 Å². The van der Waals surface area contributed by atoms with E-state index < -0.39 is 0 Å². The normalized spacial score (nSPS) is 12.7. The van der Waals surface area contributed by atoms with Crippen molar-refractivity contribution < 1.29 is 4.74 Å². The van der Waals surface area contributed by atoms with Gasteiger partial charge in [0.15, 0.2) is 0 Å². The molecule has 0 saturated carbocycles. The average molecular weight is 258 g/mol. The zero-order chi connectivity index (χ0) is 13.5. The summed E-state index contributed by atoms with van der Waals surface area (Å²) in [4.78, 5) is 4.18. The smallest absolute Gasteiger partial charge is 0.0661 e. The fourth-order valence-corrected chi connectivity index (χ4v) is 2.30. The van der Waals surface area contributed by atoms with Crippen LogP contribution >= 0.6 is 0 Å². The lowest BCUT2D eigenvalue weighted by Crippen LogP contribution is -2.25. The van der Waals surface area contributed by atoms with Crippen LogP contribution in [0.2, 0.25) is 0 Å². The minimum atomic E-state index is 0.239. The van der Waals surface area contributed by atoms with Crippen LogP contribution in [0.25, 0.3) is 10.8 Å². The number of benzene rings is 1. The van der Waals surface area contributed by atoms with E-state index in [1.165, 1.54) is 16.3 Å². The molecule has 0 spiro atoms. The van der Waals surface area contributed by atoms with Crippen LogP contribution in [-0.4, -0.2) is 24.7 Å². The first-order valence-corrected chi connectivity index (χ1v) is 7.00. The number of rotatable bonds is 7. The van der Waals surface area contributed by atoms with Crippen molar-refractivity contribution in [3.8, 4) is 0 Å². The highest BCUT2D eigenvalue weighted by Crippen LogP contribution is 2.24. The highest BCUT2D eigenvalue weighted by molar-refractivity contribution is 5.85. The van der Waals surface area contributed by atoms with E-state index in [0.717, 1.165) is 19.6 Å². The Labute approximate surface area is 115 Å². The second-order valence-electron chi connectivity index (χ2n) is 4.63. The Balaban J connectivity index is 2.27. The molecule has 0 radical (unpaired) electrons. The first-order chi connectivity index (χ1) is 9.36. The van der Waals surface area contributed by atoms with Gasteiger partial charge in [0, 0.05) is 24.4 Å². The molecule has 1 aromatic heterocycles. The zero-order valence-corrected chi connectivity index (χ0v) is 11.7. The van der Waals surface area contributed by atoms with Crippen LogP contribution < -0.4 is 5.32 Å².